The van der Waals surface area contributed by atoms with E-state index in [9.17, 15) is 4.79 Å². The molecule has 0 aromatic carbocycles. The van der Waals surface area contributed by atoms with E-state index in [0.717, 1.165) is 0 Å². The molecule has 0 bridgehead atoms. The minimum atomic E-state index is -0.0851. The standard InChI is InChI=1S/C10H13ClN6O/c1-3-16(5-8(18)12-2)9-4-7(11)15-10-13-6-14-17(9)10/h4,6H,3,5H2,1-2H3,(H,12,18). The lowest BCUT2D eigenvalue weighted by atomic mass is 10.4. The quantitative estimate of drug-likeness (QED) is 0.810. The fourth-order valence-electron chi connectivity index (χ4n) is 1.60. The summed E-state index contributed by atoms with van der Waals surface area (Å²) in [5.74, 6) is 1.01. The van der Waals surface area contributed by atoms with Crippen molar-refractivity contribution in [3.05, 3.63) is 17.5 Å². The minimum Gasteiger partial charge on any atom is -0.358 e. The molecule has 18 heavy (non-hydrogen) atoms. The van der Waals surface area contributed by atoms with Gasteiger partial charge in [0.2, 0.25) is 5.91 Å². The van der Waals surface area contributed by atoms with E-state index in [1.165, 1.54) is 6.33 Å². The van der Waals surface area contributed by atoms with E-state index < -0.39 is 0 Å². The van der Waals surface area contributed by atoms with Gasteiger partial charge in [-0.25, -0.2) is 0 Å². The molecule has 8 heteroatoms. The first-order chi connectivity index (χ1) is 8.65. The summed E-state index contributed by atoms with van der Waals surface area (Å²) in [5, 5.41) is 6.97. The number of aromatic nitrogens is 4. The SMILES string of the molecule is CCN(CC(=O)NC)c1cc(Cl)nc2ncnn12. The summed E-state index contributed by atoms with van der Waals surface area (Å²) < 4.78 is 1.55. The Bertz CT molecular complexity index is 568. The Balaban J connectivity index is 2.43. The zero-order chi connectivity index (χ0) is 13.1. The first-order valence-electron chi connectivity index (χ1n) is 5.47. The Morgan fingerprint density at radius 3 is 3.06 bits per heavy atom. The van der Waals surface area contributed by atoms with Crippen molar-refractivity contribution >= 4 is 29.1 Å². The van der Waals surface area contributed by atoms with Gasteiger partial charge in [-0.2, -0.15) is 19.6 Å². The summed E-state index contributed by atoms with van der Waals surface area (Å²) in [6, 6.07) is 1.66. The molecule has 0 atom stereocenters. The van der Waals surface area contributed by atoms with Crippen molar-refractivity contribution < 1.29 is 4.79 Å². The average molecular weight is 269 g/mol. The highest BCUT2D eigenvalue weighted by Crippen LogP contribution is 2.18. The number of hydrogen-bond acceptors (Lipinski definition) is 5. The average Bonchev–Trinajstić information content (AvgIpc) is 2.82. The monoisotopic (exact) mass is 268 g/mol. The third kappa shape index (κ3) is 2.35. The zero-order valence-corrected chi connectivity index (χ0v) is 10.8. The van der Waals surface area contributed by atoms with Crippen LogP contribution in [-0.2, 0) is 4.79 Å². The molecule has 2 heterocycles. The first-order valence-corrected chi connectivity index (χ1v) is 5.85. The van der Waals surface area contributed by atoms with E-state index in [2.05, 4.69) is 20.4 Å². The summed E-state index contributed by atoms with van der Waals surface area (Å²) in [6.45, 7) is 2.81. The summed E-state index contributed by atoms with van der Waals surface area (Å²) >= 11 is 5.93. The smallest absolute Gasteiger partial charge is 0.255 e. The molecule has 0 fully saturated rings. The van der Waals surface area contributed by atoms with Crippen LogP contribution in [-0.4, -0.2) is 45.6 Å². The molecule has 2 aromatic heterocycles. The van der Waals surface area contributed by atoms with Gasteiger partial charge in [-0.05, 0) is 6.92 Å². The van der Waals surface area contributed by atoms with Crippen LogP contribution in [0.5, 0.6) is 0 Å². The Hall–Kier alpha value is -1.89. The largest absolute Gasteiger partial charge is 0.358 e. The maximum atomic E-state index is 11.5. The fraction of sp³-hybridized carbons (Fsp3) is 0.400. The maximum Gasteiger partial charge on any atom is 0.255 e. The second kappa shape index (κ2) is 5.18. The van der Waals surface area contributed by atoms with Crippen molar-refractivity contribution in [3.63, 3.8) is 0 Å². The summed E-state index contributed by atoms with van der Waals surface area (Å²) in [6.07, 6.45) is 1.40. The van der Waals surface area contributed by atoms with E-state index in [0.29, 0.717) is 23.3 Å². The number of fused-ring (bicyclic) bond motifs is 1. The number of anilines is 1. The van der Waals surface area contributed by atoms with Gasteiger partial charge in [0.25, 0.3) is 5.78 Å². The lowest BCUT2D eigenvalue weighted by Crippen LogP contribution is -2.36. The van der Waals surface area contributed by atoms with Gasteiger partial charge >= 0.3 is 0 Å². The number of nitrogens with zero attached hydrogens (tertiary/aromatic N) is 5. The number of likely N-dealkylation sites (N-methyl/N-ethyl adjacent to an activating group) is 2. The van der Waals surface area contributed by atoms with Gasteiger partial charge in [-0.3, -0.25) is 4.79 Å². The van der Waals surface area contributed by atoms with E-state index in [4.69, 9.17) is 11.6 Å². The van der Waals surface area contributed by atoms with Crippen molar-refractivity contribution in [1.29, 1.82) is 0 Å². The predicted molar refractivity (Wildman–Crippen MR) is 67.7 cm³/mol. The molecule has 0 aliphatic carbocycles. The van der Waals surface area contributed by atoms with Gasteiger partial charge in [0.1, 0.15) is 17.3 Å². The Morgan fingerprint density at radius 1 is 1.61 bits per heavy atom. The Labute approximate surface area is 109 Å². The van der Waals surface area contributed by atoms with Crippen molar-refractivity contribution in [2.75, 3.05) is 25.0 Å². The Kier molecular flexibility index (Phi) is 3.61. The first kappa shape index (κ1) is 12.6. The highest BCUT2D eigenvalue weighted by Gasteiger charge is 2.14. The van der Waals surface area contributed by atoms with Gasteiger partial charge in [0.15, 0.2) is 0 Å². The Morgan fingerprint density at radius 2 is 2.39 bits per heavy atom. The van der Waals surface area contributed by atoms with Crippen LogP contribution in [0, 0.1) is 0 Å². The van der Waals surface area contributed by atoms with Crippen molar-refractivity contribution in [2.45, 2.75) is 6.92 Å². The zero-order valence-electron chi connectivity index (χ0n) is 10.1. The van der Waals surface area contributed by atoms with E-state index >= 15 is 0 Å². The molecule has 96 valence electrons. The van der Waals surface area contributed by atoms with Gasteiger partial charge in [-0.15, -0.1) is 0 Å². The molecule has 0 saturated heterocycles. The third-order valence-electron chi connectivity index (χ3n) is 2.52. The second-order valence-corrected chi connectivity index (χ2v) is 3.98. The lowest BCUT2D eigenvalue weighted by Gasteiger charge is -2.22. The summed E-state index contributed by atoms with van der Waals surface area (Å²) in [5.41, 5.74) is 0. The lowest BCUT2D eigenvalue weighted by molar-refractivity contribution is -0.119. The molecular formula is C10H13ClN6O. The van der Waals surface area contributed by atoms with Crippen molar-refractivity contribution in [1.82, 2.24) is 24.9 Å². The van der Waals surface area contributed by atoms with Gasteiger partial charge in [0.05, 0.1) is 6.54 Å². The third-order valence-corrected chi connectivity index (χ3v) is 2.71. The van der Waals surface area contributed by atoms with Gasteiger partial charge in [0, 0.05) is 19.7 Å². The van der Waals surface area contributed by atoms with Crippen molar-refractivity contribution in [3.8, 4) is 0 Å². The highest BCUT2D eigenvalue weighted by molar-refractivity contribution is 6.29. The number of carbonyl (C=O) groups is 1. The van der Waals surface area contributed by atoms with Crippen LogP contribution in [0.3, 0.4) is 0 Å². The van der Waals surface area contributed by atoms with Crippen LogP contribution in [0.25, 0.3) is 5.78 Å². The molecule has 1 N–H and O–H groups in total. The number of amides is 1. The topological polar surface area (TPSA) is 75.4 Å². The maximum absolute atomic E-state index is 11.5. The molecular weight excluding hydrogens is 256 g/mol. The second-order valence-electron chi connectivity index (χ2n) is 3.60. The van der Waals surface area contributed by atoms with Crippen LogP contribution in [0.15, 0.2) is 12.4 Å². The number of halogens is 1. The normalized spacial score (nSPS) is 10.6. The number of rotatable bonds is 4. The number of hydrogen-bond donors (Lipinski definition) is 1. The molecule has 7 nitrogen and oxygen atoms in total. The van der Waals surface area contributed by atoms with E-state index in [1.54, 1.807) is 17.6 Å². The predicted octanol–water partition coefficient (Wildman–Crippen LogP) is 0.350. The van der Waals surface area contributed by atoms with Crippen LogP contribution in [0.2, 0.25) is 5.15 Å². The fourth-order valence-corrected chi connectivity index (χ4v) is 1.77. The molecule has 0 saturated carbocycles. The molecule has 1 amide bonds. The number of carbonyl (C=O) groups excluding carboxylic acids is 1. The summed E-state index contributed by atoms with van der Waals surface area (Å²) in [7, 11) is 1.60. The molecule has 2 aromatic rings. The molecule has 0 unspecified atom stereocenters. The van der Waals surface area contributed by atoms with E-state index in [-0.39, 0.29) is 12.5 Å². The van der Waals surface area contributed by atoms with Crippen LogP contribution in [0.1, 0.15) is 6.92 Å². The molecule has 0 aliphatic rings. The summed E-state index contributed by atoms with van der Waals surface area (Å²) in [4.78, 5) is 21.3. The van der Waals surface area contributed by atoms with Crippen molar-refractivity contribution in [2.24, 2.45) is 0 Å². The van der Waals surface area contributed by atoms with Gasteiger partial charge < -0.3 is 10.2 Å². The molecule has 0 aliphatic heterocycles. The minimum absolute atomic E-state index is 0.0851. The molecule has 0 radical (unpaired) electrons. The molecule has 0 spiro atoms. The van der Waals surface area contributed by atoms with Crippen LogP contribution < -0.4 is 10.2 Å². The van der Waals surface area contributed by atoms with Gasteiger partial charge in [-0.1, -0.05) is 11.6 Å². The van der Waals surface area contributed by atoms with Crippen LogP contribution in [0.4, 0.5) is 5.82 Å². The molecule has 2 rings (SSSR count). The van der Waals surface area contributed by atoms with E-state index in [1.807, 2.05) is 11.8 Å². The van der Waals surface area contributed by atoms with Crippen LogP contribution >= 0.6 is 11.6 Å². The number of nitrogens with one attached hydrogen (secondary N) is 1. The highest BCUT2D eigenvalue weighted by atomic mass is 35.5.